The van der Waals surface area contributed by atoms with E-state index in [0.29, 0.717) is 5.54 Å². The van der Waals surface area contributed by atoms with Gasteiger partial charge in [0.25, 0.3) is 0 Å². The van der Waals surface area contributed by atoms with Crippen LogP contribution in [0.4, 0.5) is 0 Å². The third kappa shape index (κ3) is 1.99. The molecule has 0 spiro atoms. The minimum atomic E-state index is 0.439. The fourth-order valence-electron chi connectivity index (χ4n) is 1.51. The molecule has 1 rings (SSSR count). The average molecular weight is 170 g/mol. The zero-order valence-electron chi connectivity index (χ0n) is 8.85. The molecule has 72 valence electrons. The van der Waals surface area contributed by atoms with Crippen molar-refractivity contribution in [1.29, 1.82) is 0 Å². The predicted molar refractivity (Wildman–Crippen MR) is 52.9 cm³/mol. The summed E-state index contributed by atoms with van der Waals surface area (Å²) in [4.78, 5) is 0. The molecular formula is C10H22N2. The van der Waals surface area contributed by atoms with E-state index in [9.17, 15) is 0 Å². The molecular weight excluding hydrogens is 148 g/mol. The van der Waals surface area contributed by atoms with E-state index in [1.54, 1.807) is 0 Å². The topological polar surface area (TPSA) is 15.3 Å². The zero-order valence-corrected chi connectivity index (χ0v) is 8.85. The molecule has 0 aromatic rings. The number of hydrogen-bond donors (Lipinski definition) is 1. The van der Waals surface area contributed by atoms with Crippen molar-refractivity contribution in [2.75, 3.05) is 13.1 Å². The summed E-state index contributed by atoms with van der Waals surface area (Å²) < 4.78 is 0. The van der Waals surface area contributed by atoms with Crippen LogP contribution in [0.25, 0.3) is 0 Å². The molecule has 1 heterocycles. The molecule has 0 saturated carbocycles. The van der Waals surface area contributed by atoms with Crippen LogP contribution in [0.2, 0.25) is 0 Å². The first-order valence-corrected chi connectivity index (χ1v) is 5.09. The van der Waals surface area contributed by atoms with Crippen molar-refractivity contribution in [3.05, 3.63) is 0 Å². The van der Waals surface area contributed by atoms with Gasteiger partial charge in [0, 0.05) is 18.6 Å². The molecule has 1 unspecified atom stereocenters. The van der Waals surface area contributed by atoms with Crippen molar-refractivity contribution >= 4 is 0 Å². The van der Waals surface area contributed by atoms with Gasteiger partial charge in [0.15, 0.2) is 0 Å². The number of hydrogen-bond acceptors (Lipinski definition) is 2. The molecule has 1 aliphatic rings. The third-order valence-corrected chi connectivity index (χ3v) is 2.99. The van der Waals surface area contributed by atoms with Crippen LogP contribution in [0.15, 0.2) is 0 Å². The summed E-state index contributed by atoms with van der Waals surface area (Å²) in [6.45, 7) is 11.5. The molecule has 1 aliphatic heterocycles. The van der Waals surface area contributed by atoms with Gasteiger partial charge in [0.1, 0.15) is 0 Å². The Bertz CT molecular complexity index is 141. The summed E-state index contributed by atoms with van der Waals surface area (Å²) in [5, 5.41) is 2.40. The van der Waals surface area contributed by atoms with E-state index in [4.69, 9.17) is 0 Å². The van der Waals surface area contributed by atoms with E-state index in [2.05, 4.69) is 38.1 Å². The number of nitrogens with zero attached hydrogens (tertiary/aromatic N) is 1. The average Bonchev–Trinajstić information content (AvgIpc) is 2.01. The van der Waals surface area contributed by atoms with Gasteiger partial charge in [0.05, 0.1) is 0 Å². The van der Waals surface area contributed by atoms with Gasteiger partial charge in [-0.1, -0.05) is 20.8 Å². The Hall–Kier alpha value is -0.0800. The molecule has 0 bridgehead atoms. The van der Waals surface area contributed by atoms with Crippen molar-refractivity contribution in [2.24, 2.45) is 5.92 Å². The fraction of sp³-hybridized carbons (Fsp3) is 1.00. The largest absolute Gasteiger partial charge is 0.253 e. The van der Waals surface area contributed by atoms with E-state index in [-0.39, 0.29) is 0 Å². The molecule has 2 nitrogen and oxygen atoms in total. The Labute approximate surface area is 76.3 Å². The van der Waals surface area contributed by atoms with Crippen LogP contribution in [-0.4, -0.2) is 23.6 Å². The zero-order chi connectivity index (χ0) is 9.19. The first-order valence-electron chi connectivity index (χ1n) is 5.09. The van der Waals surface area contributed by atoms with E-state index in [1.807, 2.05) is 0 Å². The highest BCUT2D eigenvalue weighted by atomic mass is 15.6. The maximum absolute atomic E-state index is 3.38. The molecule has 0 aromatic carbocycles. The number of rotatable bonds is 4. The molecule has 1 saturated heterocycles. The van der Waals surface area contributed by atoms with Gasteiger partial charge in [-0.3, -0.25) is 5.43 Å². The van der Waals surface area contributed by atoms with Gasteiger partial charge < -0.3 is 0 Å². The summed E-state index contributed by atoms with van der Waals surface area (Å²) >= 11 is 0. The minimum absolute atomic E-state index is 0.439. The Balaban J connectivity index is 2.25. The molecule has 0 radical (unpaired) electrons. The molecule has 2 heteroatoms. The van der Waals surface area contributed by atoms with Crippen LogP contribution >= 0.6 is 0 Å². The first kappa shape index (κ1) is 10.0. The summed E-state index contributed by atoms with van der Waals surface area (Å²) in [6.07, 6.45) is 2.54. The Morgan fingerprint density at radius 2 is 2.17 bits per heavy atom. The molecule has 0 aromatic heterocycles. The van der Waals surface area contributed by atoms with Crippen molar-refractivity contribution in [2.45, 2.75) is 46.1 Å². The fourth-order valence-corrected chi connectivity index (χ4v) is 1.51. The van der Waals surface area contributed by atoms with Gasteiger partial charge in [-0.25, -0.2) is 5.01 Å². The minimum Gasteiger partial charge on any atom is -0.253 e. The lowest BCUT2D eigenvalue weighted by Gasteiger charge is -2.51. The quantitative estimate of drug-likeness (QED) is 0.694. The standard InChI is InChI=1S/C10H22N2/c1-5-10(4)8-11-12(10)7-6-9(2)3/h9,11H,5-8H2,1-4H3. The van der Waals surface area contributed by atoms with E-state index in [0.717, 1.165) is 12.5 Å². The second-order valence-electron chi connectivity index (χ2n) is 4.52. The lowest BCUT2D eigenvalue weighted by Crippen LogP contribution is -2.70. The maximum Gasteiger partial charge on any atom is 0.0461 e. The number of nitrogens with one attached hydrogen (secondary N) is 1. The maximum atomic E-state index is 3.38. The lowest BCUT2D eigenvalue weighted by atomic mass is 9.93. The van der Waals surface area contributed by atoms with Gasteiger partial charge in [-0.2, -0.15) is 0 Å². The third-order valence-electron chi connectivity index (χ3n) is 2.99. The highest BCUT2D eigenvalue weighted by molar-refractivity contribution is 4.92. The SMILES string of the molecule is CCC1(C)CNN1CCC(C)C. The van der Waals surface area contributed by atoms with Crippen molar-refractivity contribution in [1.82, 2.24) is 10.4 Å². The Kier molecular flexibility index (Phi) is 3.13. The normalized spacial score (nSPS) is 30.8. The molecule has 1 atom stereocenters. The van der Waals surface area contributed by atoms with Crippen LogP contribution in [0, 0.1) is 5.92 Å². The molecule has 12 heavy (non-hydrogen) atoms. The van der Waals surface area contributed by atoms with E-state index in [1.165, 1.54) is 19.4 Å². The van der Waals surface area contributed by atoms with Gasteiger partial charge >= 0.3 is 0 Å². The van der Waals surface area contributed by atoms with Crippen molar-refractivity contribution in [3.8, 4) is 0 Å². The molecule has 1 N–H and O–H groups in total. The summed E-state index contributed by atoms with van der Waals surface area (Å²) in [5.74, 6) is 0.813. The van der Waals surface area contributed by atoms with Crippen LogP contribution in [0.5, 0.6) is 0 Å². The van der Waals surface area contributed by atoms with Crippen LogP contribution in [-0.2, 0) is 0 Å². The molecule has 0 aliphatic carbocycles. The highest BCUT2D eigenvalue weighted by Crippen LogP contribution is 2.24. The van der Waals surface area contributed by atoms with Crippen LogP contribution < -0.4 is 5.43 Å². The monoisotopic (exact) mass is 170 g/mol. The second-order valence-corrected chi connectivity index (χ2v) is 4.52. The Morgan fingerprint density at radius 3 is 2.50 bits per heavy atom. The molecule has 1 fully saturated rings. The first-order chi connectivity index (χ1) is 5.58. The highest BCUT2D eigenvalue weighted by Gasteiger charge is 2.37. The van der Waals surface area contributed by atoms with Crippen molar-refractivity contribution in [3.63, 3.8) is 0 Å². The Morgan fingerprint density at radius 1 is 1.50 bits per heavy atom. The lowest BCUT2D eigenvalue weighted by molar-refractivity contribution is -0.0582. The summed E-state index contributed by atoms with van der Waals surface area (Å²) in [7, 11) is 0. The predicted octanol–water partition coefficient (Wildman–Crippen LogP) is 2.02. The summed E-state index contributed by atoms with van der Waals surface area (Å²) in [6, 6.07) is 0. The van der Waals surface area contributed by atoms with Gasteiger partial charge in [0.2, 0.25) is 0 Å². The number of hydrazine groups is 1. The second kappa shape index (κ2) is 3.75. The van der Waals surface area contributed by atoms with Crippen LogP contribution in [0.1, 0.15) is 40.5 Å². The van der Waals surface area contributed by atoms with Crippen molar-refractivity contribution < 1.29 is 0 Å². The molecule has 0 amide bonds. The van der Waals surface area contributed by atoms with Gasteiger partial charge in [-0.05, 0) is 25.7 Å². The van der Waals surface area contributed by atoms with E-state index >= 15 is 0 Å². The summed E-state index contributed by atoms with van der Waals surface area (Å²) in [5.41, 5.74) is 3.82. The van der Waals surface area contributed by atoms with E-state index < -0.39 is 0 Å². The smallest absolute Gasteiger partial charge is 0.0461 e. The van der Waals surface area contributed by atoms with Crippen LogP contribution in [0.3, 0.4) is 0 Å². The van der Waals surface area contributed by atoms with Gasteiger partial charge in [-0.15, -0.1) is 0 Å².